The van der Waals surface area contributed by atoms with Crippen molar-refractivity contribution in [1.29, 1.82) is 0 Å². The zero-order valence-electron chi connectivity index (χ0n) is 13.7. The molecule has 0 amide bonds. The van der Waals surface area contributed by atoms with E-state index >= 15 is 0 Å². The van der Waals surface area contributed by atoms with Crippen LogP contribution in [0.2, 0.25) is 0 Å². The molecule has 0 saturated carbocycles. The molecule has 1 aromatic heterocycles. The van der Waals surface area contributed by atoms with Gasteiger partial charge in [-0.2, -0.15) is 0 Å². The van der Waals surface area contributed by atoms with Crippen LogP contribution in [-0.2, 0) is 0 Å². The molecule has 26 heavy (non-hydrogen) atoms. The molecule has 0 aliphatic heterocycles. The number of imidazole rings is 1. The van der Waals surface area contributed by atoms with E-state index in [1.807, 2.05) is 72.8 Å². The highest BCUT2D eigenvalue weighted by Gasteiger charge is 2.31. The second-order valence-corrected chi connectivity index (χ2v) is 6.79. The minimum Gasteiger partial charge on any atom is -0.710 e. The number of hydrogen-bond acceptors (Lipinski definition) is 2. The van der Waals surface area contributed by atoms with E-state index < -0.39 is 0 Å². The molecule has 0 unspecified atom stereocenters. The smallest absolute Gasteiger partial charge is 0.332 e. The van der Waals surface area contributed by atoms with Crippen LogP contribution in [0.1, 0.15) is 0 Å². The van der Waals surface area contributed by atoms with Gasteiger partial charge in [0.1, 0.15) is 0 Å². The van der Waals surface area contributed by atoms with E-state index in [-0.39, 0.29) is 5.82 Å². The second-order valence-electron chi connectivity index (χ2n) is 5.87. The first kappa shape index (κ1) is 16.4. The highest BCUT2D eigenvalue weighted by molar-refractivity contribution is 9.10. The van der Waals surface area contributed by atoms with Crippen molar-refractivity contribution in [2.24, 2.45) is 0 Å². The van der Waals surface area contributed by atoms with E-state index in [4.69, 9.17) is 0 Å². The molecular formula is C21H15BrN2O2. The first-order valence-corrected chi connectivity index (χ1v) is 8.90. The first-order chi connectivity index (χ1) is 12.7. The first-order valence-electron chi connectivity index (χ1n) is 8.11. The van der Waals surface area contributed by atoms with Crippen LogP contribution in [0, 0.1) is 5.21 Å². The Kier molecular flexibility index (Phi) is 4.22. The molecule has 0 spiro atoms. The number of halogens is 1. The zero-order valence-corrected chi connectivity index (χ0v) is 15.3. The van der Waals surface area contributed by atoms with Gasteiger partial charge in [-0.3, -0.25) is 0 Å². The lowest BCUT2D eigenvalue weighted by molar-refractivity contribution is -0.582. The van der Waals surface area contributed by atoms with Crippen LogP contribution in [0.4, 0.5) is 0 Å². The molecule has 0 aliphatic rings. The van der Waals surface area contributed by atoms with Gasteiger partial charge >= 0.3 is 5.82 Å². The summed E-state index contributed by atoms with van der Waals surface area (Å²) < 4.78 is 2.60. The minimum atomic E-state index is 0.170. The molecule has 128 valence electrons. The lowest BCUT2D eigenvalue weighted by atomic mass is 10.1. The number of nitrogens with zero attached hydrogens (tertiary/aromatic N) is 2. The summed E-state index contributed by atoms with van der Waals surface area (Å²) in [6, 6.07) is 26.1. The van der Waals surface area contributed by atoms with Crippen molar-refractivity contribution in [3.05, 3.63) is 94.6 Å². The maximum Gasteiger partial charge on any atom is 0.332 e. The fraction of sp³-hybridized carbons (Fsp3) is 0. The van der Waals surface area contributed by atoms with Gasteiger partial charge in [0.05, 0.1) is 5.56 Å². The number of aromatic nitrogens is 2. The summed E-state index contributed by atoms with van der Waals surface area (Å²) in [7, 11) is 0. The lowest BCUT2D eigenvalue weighted by Crippen LogP contribution is -2.30. The van der Waals surface area contributed by atoms with E-state index in [2.05, 4.69) is 15.9 Å². The number of rotatable bonds is 3. The molecule has 0 saturated heterocycles. The van der Waals surface area contributed by atoms with E-state index in [9.17, 15) is 10.4 Å². The van der Waals surface area contributed by atoms with Gasteiger partial charge < -0.3 is 10.4 Å². The average molecular weight is 407 g/mol. The Morgan fingerprint density at radius 1 is 0.769 bits per heavy atom. The third kappa shape index (κ3) is 2.76. The molecule has 0 atom stereocenters. The predicted octanol–water partition coefficient (Wildman–Crippen LogP) is 5.12. The highest BCUT2D eigenvalue weighted by atomic mass is 79.9. The van der Waals surface area contributed by atoms with Crippen molar-refractivity contribution in [2.75, 3.05) is 0 Å². The second kappa shape index (κ2) is 6.69. The minimum absolute atomic E-state index is 0.170. The molecule has 0 aliphatic carbocycles. The quantitative estimate of drug-likeness (QED) is 0.291. The third-order valence-corrected chi connectivity index (χ3v) is 4.70. The summed E-state index contributed by atoms with van der Waals surface area (Å²) in [4.78, 5) is 0. The van der Waals surface area contributed by atoms with Gasteiger partial charge in [-0.15, -0.1) is 0 Å². The molecule has 4 aromatic rings. The van der Waals surface area contributed by atoms with Crippen molar-refractivity contribution >= 4 is 15.9 Å². The van der Waals surface area contributed by atoms with Crippen molar-refractivity contribution in [2.45, 2.75) is 0 Å². The summed E-state index contributed by atoms with van der Waals surface area (Å²) in [5.74, 6) is 0.170. The van der Waals surface area contributed by atoms with Crippen LogP contribution in [0.3, 0.4) is 0 Å². The number of benzene rings is 3. The van der Waals surface area contributed by atoms with Gasteiger partial charge in [0, 0.05) is 15.6 Å². The summed E-state index contributed by atoms with van der Waals surface area (Å²) in [5.41, 5.74) is 3.00. The SMILES string of the molecule is [O-][n+]1c(-c2ccccc2)c(-c2ccccc2)n(O)c1-c1cccc(Br)c1. The molecule has 0 radical (unpaired) electrons. The molecule has 0 fully saturated rings. The lowest BCUT2D eigenvalue weighted by Gasteiger charge is -2.07. The Morgan fingerprint density at radius 3 is 1.96 bits per heavy atom. The monoisotopic (exact) mass is 406 g/mol. The predicted molar refractivity (Wildman–Crippen MR) is 105 cm³/mol. The molecular weight excluding hydrogens is 392 g/mol. The van der Waals surface area contributed by atoms with Crippen molar-refractivity contribution in [3.63, 3.8) is 0 Å². The fourth-order valence-corrected chi connectivity index (χ4v) is 3.47. The van der Waals surface area contributed by atoms with Gasteiger partial charge in [-0.25, -0.2) is 4.73 Å². The molecule has 4 nitrogen and oxygen atoms in total. The van der Waals surface area contributed by atoms with E-state index in [0.717, 1.165) is 25.1 Å². The molecule has 3 aromatic carbocycles. The van der Waals surface area contributed by atoms with E-state index in [1.165, 1.54) is 0 Å². The van der Waals surface area contributed by atoms with Gasteiger partial charge in [0.2, 0.25) is 5.69 Å². The third-order valence-electron chi connectivity index (χ3n) is 4.21. The molecule has 1 N–H and O–H groups in total. The maximum absolute atomic E-state index is 13.2. The Balaban J connectivity index is 2.06. The van der Waals surface area contributed by atoms with Gasteiger partial charge in [0.15, 0.2) is 5.69 Å². The van der Waals surface area contributed by atoms with Gasteiger partial charge in [-0.1, -0.05) is 82.7 Å². The average Bonchev–Trinajstić information content (AvgIpc) is 2.93. The van der Waals surface area contributed by atoms with Crippen LogP contribution < -0.4 is 4.73 Å². The Bertz CT molecular complexity index is 997. The van der Waals surface area contributed by atoms with Gasteiger partial charge in [0.25, 0.3) is 0 Å². The number of hydrogen-bond donors (Lipinski definition) is 1. The van der Waals surface area contributed by atoms with Crippen LogP contribution in [0.25, 0.3) is 33.9 Å². The molecule has 1 heterocycles. The standard InChI is InChI=1S/C21H15BrN2O2/c22-18-13-7-12-17(14-18)21-23(25)19(15-8-3-1-4-9-15)20(24(21)26)16-10-5-2-6-11-16/h1-14,25H. The van der Waals surface area contributed by atoms with Crippen LogP contribution in [-0.4, -0.2) is 9.94 Å². The maximum atomic E-state index is 13.2. The summed E-state index contributed by atoms with van der Waals surface area (Å²) in [6.45, 7) is 0. The summed E-state index contributed by atoms with van der Waals surface area (Å²) >= 11 is 3.42. The van der Waals surface area contributed by atoms with Crippen molar-refractivity contribution in [3.8, 4) is 33.9 Å². The normalized spacial score (nSPS) is 10.8. The van der Waals surface area contributed by atoms with Crippen LogP contribution in [0.15, 0.2) is 89.4 Å². The Labute approximate surface area is 159 Å². The largest absolute Gasteiger partial charge is 0.710 e. The van der Waals surface area contributed by atoms with E-state index in [1.54, 1.807) is 12.1 Å². The molecule has 0 bridgehead atoms. The molecule has 4 rings (SSSR count). The highest BCUT2D eigenvalue weighted by Crippen LogP contribution is 2.34. The summed E-state index contributed by atoms with van der Waals surface area (Å²) in [6.07, 6.45) is 0. The fourth-order valence-electron chi connectivity index (χ4n) is 3.07. The van der Waals surface area contributed by atoms with E-state index in [0.29, 0.717) is 17.0 Å². The molecule has 5 heteroatoms. The van der Waals surface area contributed by atoms with Crippen LogP contribution >= 0.6 is 15.9 Å². The van der Waals surface area contributed by atoms with Gasteiger partial charge in [-0.05, 0) is 22.9 Å². The van der Waals surface area contributed by atoms with Crippen molar-refractivity contribution < 1.29 is 9.94 Å². The Morgan fingerprint density at radius 2 is 1.35 bits per heavy atom. The topological polar surface area (TPSA) is 52.1 Å². The summed E-state index contributed by atoms with van der Waals surface area (Å²) in [5, 5.41) is 24.1. The van der Waals surface area contributed by atoms with Crippen molar-refractivity contribution in [1.82, 2.24) is 4.73 Å². The van der Waals surface area contributed by atoms with Crippen LogP contribution in [0.5, 0.6) is 0 Å². The Hall–Kier alpha value is -3.05. The zero-order chi connectivity index (χ0) is 18.1.